The molecule has 0 aliphatic carbocycles. The minimum absolute atomic E-state index is 0.0147. The second kappa shape index (κ2) is 6.53. The third-order valence-corrected chi connectivity index (χ3v) is 3.51. The van der Waals surface area contributed by atoms with Crippen LogP contribution in [0.15, 0.2) is 54.6 Å². The molecular weight excluding hydrogens is 256 g/mol. The van der Waals surface area contributed by atoms with Crippen LogP contribution in [0, 0.1) is 5.92 Å². The third kappa shape index (κ3) is 4.22. The number of halogens is 1. The molecule has 19 heavy (non-hydrogen) atoms. The normalized spacial score (nSPS) is 12.1. The highest BCUT2D eigenvalue weighted by molar-refractivity contribution is 6.30. The number of benzene rings is 2. The first-order valence-corrected chi connectivity index (χ1v) is 6.82. The molecule has 0 aliphatic rings. The zero-order valence-corrected chi connectivity index (χ0v) is 11.7. The summed E-state index contributed by atoms with van der Waals surface area (Å²) in [7, 11) is 0. The lowest BCUT2D eigenvalue weighted by Crippen LogP contribution is -2.17. The Hall–Kier alpha value is -1.60. The minimum atomic E-state index is 0.0147. The van der Waals surface area contributed by atoms with Crippen LogP contribution in [0.4, 0.5) is 0 Å². The Labute approximate surface area is 119 Å². The highest BCUT2D eigenvalue weighted by atomic mass is 35.5. The van der Waals surface area contributed by atoms with Crippen LogP contribution >= 0.6 is 11.6 Å². The Bertz CT molecular complexity index is 548. The molecule has 2 rings (SSSR count). The maximum absolute atomic E-state index is 11.8. The Kier molecular flexibility index (Phi) is 4.75. The summed E-state index contributed by atoms with van der Waals surface area (Å²) in [6.07, 6.45) is 1.52. The number of rotatable bonds is 5. The molecule has 1 atom stereocenters. The van der Waals surface area contributed by atoms with Crippen molar-refractivity contribution in [2.45, 2.75) is 19.8 Å². The van der Waals surface area contributed by atoms with E-state index in [9.17, 15) is 4.79 Å². The molecule has 98 valence electrons. The molecule has 0 saturated carbocycles. The van der Waals surface area contributed by atoms with Crippen molar-refractivity contribution in [2.75, 3.05) is 0 Å². The SMILES string of the molecule is CC(=O)C(Cc1ccccc1)Cc1cccc(Cl)c1. The van der Waals surface area contributed by atoms with Crippen molar-refractivity contribution in [1.29, 1.82) is 0 Å². The third-order valence-electron chi connectivity index (χ3n) is 3.27. The van der Waals surface area contributed by atoms with Crippen molar-refractivity contribution >= 4 is 17.4 Å². The molecule has 2 aromatic carbocycles. The van der Waals surface area contributed by atoms with E-state index in [4.69, 9.17) is 11.6 Å². The smallest absolute Gasteiger partial charge is 0.133 e. The molecule has 0 aromatic heterocycles. The lowest BCUT2D eigenvalue weighted by atomic mass is 9.90. The average molecular weight is 273 g/mol. The lowest BCUT2D eigenvalue weighted by Gasteiger charge is -2.14. The van der Waals surface area contributed by atoms with Crippen LogP contribution in [0.1, 0.15) is 18.1 Å². The van der Waals surface area contributed by atoms with E-state index in [0.29, 0.717) is 0 Å². The summed E-state index contributed by atoms with van der Waals surface area (Å²) >= 11 is 5.98. The van der Waals surface area contributed by atoms with Gasteiger partial charge in [-0.2, -0.15) is 0 Å². The van der Waals surface area contributed by atoms with Gasteiger partial charge >= 0.3 is 0 Å². The first-order valence-electron chi connectivity index (χ1n) is 6.44. The summed E-state index contributed by atoms with van der Waals surface area (Å²) in [4.78, 5) is 11.8. The molecule has 0 N–H and O–H groups in total. The van der Waals surface area contributed by atoms with Gasteiger partial charge in [0.25, 0.3) is 0 Å². The van der Waals surface area contributed by atoms with Crippen molar-refractivity contribution < 1.29 is 4.79 Å². The fourth-order valence-corrected chi connectivity index (χ4v) is 2.42. The summed E-state index contributed by atoms with van der Waals surface area (Å²) in [6.45, 7) is 1.66. The summed E-state index contributed by atoms with van der Waals surface area (Å²) in [5.41, 5.74) is 2.31. The van der Waals surface area contributed by atoms with E-state index < -0.39 is 0 Å². The zero-order chi connectivity index (χ0) is 13.7. The molecule has 0 saturated heterocycles. The summed E-state index contributed by atoms with van der Waals surface area (Å²) in [5, 5.41) is 0.722. The van der Waals surface area contributed by atoms with Gasteiger partial charge in [0.1, 0.15) is 5.78 Å². The van der Waals surface area contributed by atoms with Gasteiger partial charge in [0.05, 0.1) is 0 Å². The van der Waals surface area contributed by atoms with Gasteiger partial charge in [-0.3, -0.25) is 4.79 Å². The Morgan fingerprint density at radius 2 is 1.63 bits per heavy atom. The minimum Gasteiger partial charge on any atom is -0.300 e. The lowest BCUT2D eigenvalue weighted by molar-refractivity contribution is -0.120. The van der Waals surface area contributed by atoms with E-state index in [1.165, 1.54) is 5.56 Å². The van der Waals surface area contributed by atoms with Gasteiger partial charge in [-0.15, -0.1) is 0 Å². The molecule has 0 spiro atoms. The van der Waals surface area contributed by atoms with Crippen LogP contribution in [-0.4, -0.2) is 5.78 Å². The van der Waals surface area contributed by atoms with Crippen molar-refractivity contribution in [3.05, 3.63) is 70.7 Å². The molecule has 1 unspecified atom stereocenters. The van der Waals surface area contributed by atoms with Crippen LogP contribution in [0.3, 0.4) is 0 Å². The average Bonchev–Trinajstić information content (AvgIpc) is 2.39. The molecule has 2 heteroatoms. The van der Waals surface area contributed by atoms with Crippen molar-refractivity contribution in [2.24, 2.45) is 5.92 Å². The van der Waals surface area contributed by atoms with Gasteiger partial charge in [0.2, 0.25) is 0 Å². The number of carbonyl (C=O) groups is 1. The van der Waals surface area contributed by atoms with Gasteiger partial charge in [-0.05, 0) is 43.0 Å². The highest BCUT2D eigenvalue weighted by Crippen LogP contribution is 2.18. The maximum atomic E-state index is 11.8. The summed E-state index contributed by atoms with van der Waals surface area (Å²) in [6, 6.07) is 17.9. The second-order valence-corrected chi connectivity index (χ2v) is 5.27. The molecule has 0 radical (unpaired) electrons. The molecule has 0 bridgehead atoms. The first kappa shape index (κ1) is 13.8. The summed E-state index contributed by atoms with van der Waals surface area (Å²) < 4.78 is 0. The van der Waals surface area contributed by atoms with E-state index in [2.05, 4.69) is 12.1 Å². The van der Waals surface area contributed by atoms with Crippen LogP contribution in [-0.2, 0) is 17.6 Å². The van der Waals surface area contributed by atoms with E-state index >= 15 is 0 Å². The van der Waals surface area contributed by atoms with Gasteiger partial charge in [-0.1, -0.05) is 54.1 Å². The monoisotopic (exact) mass is 272 g/mol. The Morgan fingerprint density at radius 3 is 2.26 bits per heavy atom. The predicted molar refractivity (Wildman–Crippen MR) is 79.5 cm³/mol. The van der Waals surface area contributed by atoms with Crippen molar-refractivity contribution in [3.63, 3.8) is 0 Å². The van der Waals surface area contributed by atoms with Crippen LogP contribution in [0.2, 0.25) is 5.02 Å². The number of hydrogen-bond acceptors (Lipinski definition) is 1. The van der Waals surface area contributed by atoms with Crippen LogP contribution < -0.4 is 0 Å². The standard InChI is InChI=1S/C17H17ClO/c1-13(19)16(10-14-6-3-2-4-7-14)11-15-8-5-9-17(18)12-15/h2-9,12,16H,10-11H2,1H3. The number of hydrogen-bond donors (Lipinski definition) is 0. The van der Waals surface area contributed by atoms with Crippen molar-refractivity contribution in [3.8, 4) is 0 Å². The van der Waals surface area contributed by atoms with Gasteiger partial charge in [0, 0.05) is 10.9 Å². The van der Waals surface area contributed by atoms with Crippen molar-refractivity contribution in [1.82, 2.24) is 0 Å². The van der Waals surface area contributed by atoms with Gasteiger partial charge < -0.3 is 0 Å². The predicted octanol–water partition coefficient (Wildman–Crippen LogP) is 4.33. The Morgan fingerprint density at radius 1 is 1.00 bits per heavy atom. The number of ketones is 1. The molecule has 2 aromatic rings. The zero-order valence-electron chi connectivity index (χ0n) is 11.0. The van der Waals surface area contributed by atoms with Crippen LogP contribution in [0.5, 0.6) is 0 Å². The molecule has 0 heterocycles. The van der Waals surface area contributed by atoms with Gasteiger partial charge in [-0.25, -0.2) is 0 Å². The topological polar surface area (TPSA) is 17.1 Å². The highest BCUT2D eigenvalue weighted by Gasteiger charge is 2.15. The number of carbonyl (C=O) groups excluding carboxylic acids is 1. The quantitative estimate of drug-likeness (QED) is 0.792. The molecule has 0 fully saturated rings. The molecular formula is C17H17ClO. The first-order chi connectivity index (χ1) is 9.15. The fraction of sp³-hybridized carbons (Fsp3) is 0.235. The molecule has 1 nitrogen and oxygen atoms in total. The van der Waals surface area contributed by atoms with Crippen LogP contribution in [0.25, 0.3) is 0 Å². The van der Waals surface area contributed by atoms with E-state index in [-0.39, 0.29) is 11.7 Å². The fourth-order valence-electron chi connectivity index (χ4n) is 2.21. The van der Waals surface area contributed by atoms with Gasteiger partial charge in [0.15, 0.2) is 0 Å². The second-order valence-electron chi connectivity index (χ2n) is 4.83. The van der Waals surface area contributed by atoms with E-state index in [0.717, 1.165) is 23.4 Å². The molecule has 0 amide bonds. The van der Waals surface area contributed by atoms with E-state index in [1.807, 2.05) is 42.5 Å². The largest absolute Gasteiger partial charge is 0.300 e. The van der Waals surface area contributed by atoms with E-state index in [1.54, 1.807) is 6.92 Å². The maximum Gasteiger partial charge on any atom is 0.133 e. The molecule has 0 aliphatic heterocycles. The Balaban J connectivity index is 2.11. The summed E-state index contributed by atoms with van der Waals surface area (Å²) in [5.74, 6) is 0.240. The number of Topliss-reactive ketones (excluding diaryl/α,β-unsaturated/α-hetero) is 1.